The second kappa shape index (κ2) is 4.30. The maximum atomic E-state index is 10.5. The molecule has 0 saturated carbocycles. The second-order valence-corrected chi connectivity index (χ2v) is 3.02. The molecule has 1 unspecified atom stereocenters. The van der Waals surface area contributed by atoms with E-state index in [0.29, 0.717) is 12.2 Å². The molecule has 0 aliphatic rings. The number of nitro groups is 1. The van der Waals surface area contributed by atoms with Crippen LogP contribution in [0.4, 0.5) is 5.69 Å². The summed E-state index contributed by atoms with van der Waals surface area (Å²) < 4.78 is 4.80. The smallest absolute Gasteiger partial charge is 0.272 e. The maximum Gasteiger partial charge on any atom is 0.272 e. The largest absolute Gasteiger partial charge is 0.361 e. The van der Waals surface area contributed by atoms with Crippen molar-refractivity contribution in [1.82, 2.24) is 0 Å². The van der Waals surface area contributed by atoms with Crippen molar-refractivity contribution in [3.63, 3.8) is 0 Å². The van der Waals surface area contributed by atoms with Crippen LogP contribution >= 0.6 is 9.47 Å². The van der Waals surface area contributed by atoms with Gasteiger partial charge in [0.25, 0.3) is 5.69 Å². The molecule has 4 nitrogen and oxygen atoms in total. The lowest BCUT2D eigenvalue weighted by Crippen LogP contribution is -1.93. The standard InChI is InChI=1S/C8H10NO3P/c1-6-2-3-7(5-12-13)4-8(6)9(10)11/h2-4H,5,13H2,1H3. The third-order valence-corrected chi connectivity index (χ3v) is 1.89. The molecule has 1 atom stereocenters. The van der Waals surface area contributed by atoms with Crippen LogP contribution in [0.1, 0.15) is 11.1 Å². The van der Waals surface area contributed by atoms with E-state index < -0.39 is 0 Å². The van der Waals surface area contributed by atoms with Gasteiger partial charge in [0.1, 0.15) is 0 Å². The Hall–Kier alpha value is -0.990. The molecule has 0 fully saturated rings. The zero-order chi connectivity index (χ0) is 9.84. The number of nitro benzene ring substituents is 1. The Morgan fingerprint density at radius 3 is 2.85 bits per heavy atom. The molecule has 0 aliphatic carbocycles. The first-order valence-electron chi connectivity index (χ1n) is 3.70. The Balaban J connectivity index is 3.04. The number of nitrogens with zero attached hydrogens (tertiary/aromatic N) is 1. The molecule has 1 aromatic carbocycles. The second-order valence-electron chi connectivity index (χ2n) is 2.69. The van der Waals surface area contributed by atoms with Crippen LogP contribution in [-0.2, 0) is 11.1 Å². The molecule has 0 N–H and O–H groups in total. The molecule has 1 aromatic rings. The lowest BCUT2D eigenvalue weighted by Gasteiger charge is -2.01. The van der Waals surface area contributed by atoms with Gasteiger partial charge < -0.3 is 4.52 Å². The van der Waals surface area contributed by atoms with Gasteiger partial charge in [0, 0.05) is 21.1 Å². The van der Waals surface area contributed by atoms with Crippen LogP contribution in [0.2, 0.25) is 0 Å². The number of aryl methyl sites for hydroxylation is 1. The highest BCUT2D eigenvalue weighted by atomic mass is 31.0. The van der Waals surface area contributed by atoms with Crippen LogP contribution in [0.15, 0.2) is 18.2 Å². The van der Waals surface area contributed by atoms with Gasteiger partial charge in [-0.1, -0.05) is 12.1 Å². The molecule has 0 bridgehead atoms. The first-order valence-corrected chi connectivity index (χ1v) is 4.18. The zero-order valence-corrected chi connectivity index (χ0v) is 8.34. The predicted octanol–water partition coefficient (Wildman–Crippen LogP) is 2.21. The van der Waals surface area contributed by atoms with E-state index in [-0.39, 0.29) is 10.6 Å². The predicted molar refractivity (Wildman–Crippen MR) is 52.3 cm³/mol. The number of rotatable bonds is 3. The summed E-state index contributed by atoms with van der Waals surface area (Å²) in [6.45, 7) is 2.08. The van der Waals surface area contributed by atoms with E-state index in [2.05, 4.69) is 9.47 Å². The van der Waals surface area contributed by atoms with Gasteiger partial charge in [-0.2, -0.15) is 0 Å². The fraction of sp³-hybridized carbons (Fsp3) is 0.250. The molecule has 0 aromatic heterocycles. The van der Waals surface area contributed by atoms with E-state index >= 15 is 0 Å². The van der Waals surface area contributed by atoms with Crippen LogP contribution < -0.4 is 0 Å². The van der Waals surface area contributed by atoms with Crippen LogP contribution in [0.25, 0.3) is 0 Å². The Bertz CT molecular complexity index is 327. The van der Waals surface area contributed by atoms with E-state index in [1.807, 2.05) is 6.07 Å². The number of hydrogen-bond acceptors (Lipinski definition) is 3. The van der Waals surface area contributed by atoms with E-state index in [9.17, 15) is 10.1 Å². The molecule has 1 rings (SSSR count). The highest BCUT2D eigenvalue weighted by Crippen LogP contribution is 2.19. The molecule has 0 amide bonds. The van der Waals surface area contributed by atoms with Crippen LogP contribution in [0.5, 0.6) is 0 Å². The van der Waals surface area contributed by atoms with Crippen LogP contribution in [-0.4, -0.2) is 4.92 Å². The summed E-state index contributed by atoms with van der Waals surface area (Å²) in [5.74, 6) is 0. The summed E-state index contributed by atoms with van der Waals surface area (Å²) in [7, 11) is 2.11. The fourth-order valence-electron chi connectivity index (χ4n) is 1.04. The average Bonchev–Trinajstić information content (AvgIpc) is 2.08. The molecule has 0 radical (unpaired) electrons. The lowest BCUT2D eigenvalue weighted by molar-refractivity contribution is -0.385. The Labute approximate surface area is 78.3 Å². The Morgan fingerprint density at radius 1 is 1.62 bits per heavy atom. The highest BCUT2D eigenvalue weighted by Gasteiger charge is 2.10. The Morgan fingerprint density at radius 2 is 2.31 bits per heavy atom. The topological polar surface area (TPSA) is 52.4 Å². The van der Waals surface area contributed by atoms with E-state index in [1.54, 1.807) is 13.0 Å². The normalized spacial score (nSPS) is 10.0. The van der Waals surface area contributed by atoms with Crippen molar-refractivity contribution in [2.75, 3.05) is 0 Å². The molecular weight excluding hydrogens is 189 g/mol. The molecule has 0 heterocycles. The van der Waals surface area contributed by atoms with Crippen molar-refractivity contribution >= 4 is 15.2 Å². The minimum atomic E-state index is -0.387. The minimum absolute atomic E-state index is 0.138. The highest BCUT2D eigenvalue weighted by molar-refractivity contribution is 7.09. The van der Waals surface area contributed by atoms with Crippen LogP contribution in [0, 0.1) is 17.0 Å². The van der Waals surface area contributed by atoms with Gasteiger partial charge >= 0.3 is 0 Å². The molecular formula is C8H10NO3P. The van der Waals surface area contributed by atoms with E-state index in [4.69, 9.17) is 4.52 Å². The molecule has 70 valence electrons. The monoisotopic (exact) mass is 199 g/mol. The summed E-state index contributed by atoms with van der Waals surface area (Å²) in [5.41, 5.74) is 1.60. The van der Waals surface area contributed by atoms with E-state index in [0.717, 1.165) is 5.56 Å². The SMILES string of the molecule is Cc1ccc(COP)cc1[N+](=O)[O-]. The van der Waals surface area contributed by atoms with Crippen LogP contribution in [0.3, 0.4) is 0 Å². The minimum Gasteiger partial charge on any atom is -0.361 e. The molecule has 13 heavy (non-hydrogen) atoms. The average molecular weight is 199 g/mol. The number of hydrogen-bond donors (Lipinski definition) is 0. The molecule has 0 saturated heterocycles. The first-order chi connectivity index (χ1) is 6.15. The summed E-state index contributed by atoms with van der Waals surface area (Å²) in [4.78, 5) is 10.2. The third-order valence-electron chi connectivity index (χ3n) is 1.72. The molecule has 0 aliphatic heterocycles. The van der Waals surface area contributed by atoms with Gasteiger partial charge in [-0.3, -0.25) is 10.1 Å². The molecule has 0 spiro atoms. The Kier molecular flexibility index (Phi) is 3.34. The summed E-state index contributed by atoms with van der Waals surface area (Å²) in [5, 5.41) is 10.5. The zero-order valence-electron chi connectivity index (χ0n) is 7.19. The van der Waals surface area contributed by atoms with Gasteiger partial charge in [0.05, 0.1) is 11.5 Å². The summed E-state index contributed by atoms with van der Waals surface area (Å²) >= 11 is 0. The molecule has 5 heteroatoms. The lowest BCUT2D eigenvalue weighted by atomic mass is 10.1. The van der Waals surface area contributed by atoms with Gasteiger partial charge in [0.2, 0.25) is 0 Å². The third kappa shape index (κ3) is 2.47. The fourth-order valence-corrected chi connectivity index (χ4v) is 1.23. The van der Waals surface area contributed by atoms with Gasteiger partial charge in [-0.25, -0.2) is 0 Å². The van der Waals surface area contributed by atoms with Gasteiger partial charge in [-0.15, -0.1) is 0 Å². The number of benzene rings is 1. The van der Waals surface area contributed by atoms with Gasteiger partial charge in [-0.05, 0) is 12.5 Å². The van der Waals surface area contributed by atoms with Gasteiger partial charge in [0.15, 0.2) is 0 Å². The van der Waals surface area contributed by atoms with Crippen molar-refractivity contribution in [2.24, 2.45) is 0 Å². The summed E-state index contributed by atoms with van der Waals surface area (Å²) in [6.07, 6.45) is 0. The van der Waals surface area contributed by atoms with Crippen molar-refractivity contribution in [1.29, 1.82) is 0 Å². The van der Waals surface area contributed by atoms with Crippen molar-refractivity contribution in [3.8, 4) is 0 Å². The maximum absolute atomic E-state index is 10.5. The first kappa shape index (κ1) is 10.1. The van der Waals surface area contributed by atoms with Crippen molar-refractivity contribution in [3.05, 3.63) is 39.4 Å². The van der Waals surface area contributed by atoms with Crippen molar-refractivity contribution < 1.29 is 9.45 Å². The van der Waals surface area contributed by atoms with E-state index in [1.165, 1.54) is 6.07 Å². The summed E-state index contributed by atoms with van der Waals surface area (Å²) in [6, 6.07) is 5.06. The quantitative estimate of drug-likeness (QED) is 0.426. The van der Waals surface area contributed by atoms with Crippen molar-refractivity contribution in [2.45, 2.75) is 13.5 Å².